The van der Waals surface area contributed by atoms with Crippen LogP contribution in [0.5, 0.6) is 11.5 Å². The summed E-state index contributed by atoms with van der Waals surface area (Å²) in [5.74, 6) is 1.90. The van der Waals surface area contributed by atoms with E-state index in [0.717, 1.165) is 22.7 Å². The fourth-order valence-corrected chi connectivity index (χ4v) is 3.48. The third-order valence-corrected chi connectivity index (χ3v) is 5.25. The van der Waals surface area contributed by atoms with Crippen molar-refractivity contribution in [2.45, 2.75) is 32.7 Å². The summed E-state index contributed by atoms with van der Waals surface area (Å²) in [4.78, 5) is 17.5. The topological polar surface area (TPSA) is 77.8 Å². The van der Waals surface area contributed by atoms with E-state index >= 15 is 0 Å². The third-order valence-electron chi connectivity index (χ3n) is 5.25. The molecule has 3 aromatic rings. The number of hydrogen-bond donors (Lipinski definition) is 1. The Morgan fingerprint density at radius 1 is 1.26 bits per heavy atom. The number of fused-ring (bicyclic) bond motifs is 2. The Morgan fingerprint density at radius 2 is 2.07 bits per heavy atom. The molecule has 2 aromatic heterocycles. The number of hydrogen-bond acceptors (Lipinski definition) is 5. The van der Waals surface area contributed by atoms with Crippen molar-refractivity contribution in [2.24, 2.45) is 5.92 Å². The first-order chi connectivity index (χ1) is 13.1. The Labute approximate surface area is 156 Å². The Kier molecular flexibility index (Phi) is 3.56. The van der Waals surface area contributed by atoms with Crippen molar-refractivity contribution in [1.82, 2.24) is 19.9 Å². The Hall–Kier alpha value is -3.09. The number of nitrogens with one attached hydrogen (secondary N) is 1. The molecule has 1 aliphatic heterocycles. The van der Waals surface area contributed by atoms with Crippen LogP contribution in [0.4, 0.5) is 0 Å². The van der Waals surface area contributed by atoms with Gasteiger partial charge >= 0.3 is 0 Å². The predicted octanol–water partition coefficient (Wildman–Crippen LogP) is 2.96. The fourth-order valence-electron chi connectivity index (χ4n) is 3.48. The summed E-state index contributed by atoms with van der Waals surface area (Å²) in [6.45, 7) is 4.24. The van der Waals surface area contributed by atoms with Gasteiger partial charge in [0, 0.05) is 17.3 Å². The van der Waals surface area contributed by atoms with Gasteiger partial charge in [0.25, 0.3) is 5.91 Å². The minimum Gasteiger partial charge on any atom is -0.454 e. The highest BCUT2D eigenvalue weighted by Crippen LogP contribution is 2.36. The molecule has 1 N–H and O–H groups in total. The molecule has 1 atom stereocenters. The molecule has 1 amide bonds. The molecule has 3 heterocycles. The van der Waals surface area contributed by atoms with Crippen LogP contribution < -0.4 is 14.8 Å². The fraction of sp³-hybridized carbons (Fsp3) is 0.350. The van der Waals surface area contributed by atoms with Crippen molar-refractivity contribution < 1.29 is 14.3 Å². The van der Waals surface area contributed by atoms with E-state index in [9.17, 15) is 4.79 Å². The number of aryl methyl sites for hydroxylation is 1. The third kappa shape index (κ3) is 2.79. The molecule has 138 valence electrons. The zero-order valence-electron chi connectivity index (χ0n) is 15.2. The maximum atomic E-state index is 12.7. The van der Waals surface area contributed by atoms with Crippen LogP contribution in [0.25, 0.3) is 16.9 Å². The second kappa shape index (κ2) is 5.97. The van der Waals surface area contributed by atoms with E-state index in [2.05, 4.69) is 17.3 Å². The van der Waals surface area contributed by atoms with Crippen LogP contribution >= 0.6 is 0 Å². The number of rotatable bonds is 4. The average Bonchev–Trinajstić information content (AvgIpc) is 3.25. The summed E-state index contributed by atoms with van der Waals surface area (Å²) in [5.41, 5.74) is 3.63. The molecule has 2 aliphatic rings. The lowest BCUT2D eigenvalue weighted by Crippen LogP contribution is -2.34. The first-order valence-corrected chi connectivity index (χ1v) is 9.16. The van der Waals surface area contributed by atoms with E-state index in [-0.39, 0.29) is 18.7 Å². The van der Waals surface area contributed by atoms with E-state index in [0.29, 0.717) is 22.9 Å². The number of nitrogens with zero attached hydrogens (tertiary/aromatic N) is 3. The van der Waals surface area contributed by atoms with Gasteiger partial charge in [-0.25, -0.2) is 9.50 Å². The molecule has 1 aliphatic carbocycles. The molecule has 1 aromatic carbocycles. The van der Waals surface area contributed by atoms with Crippen LogP contribution in [-0.4, -0.2) is 33.3 Å². The molecule has 1 unspecified atom stereocenters. The lowest BCUT2D eigenvalue weighted by Gasteiger charge is -2.12. The smallest absolute Gasteiger partial charge is 0.256 e. The molecule has 1 fully saturated rings. The number of carbonyl (C=O) groups is 1. The van der Waals surface area contributed by atoms with Gasteiger partial charge in [0.15, 0.2) is 17.1 Å². The molecule has 0 radical (unpaired) electrons. The molecule has 0 spiro atoms. The van der Waals surface area contributed by atoms with E-state index < -0.39 is 0 Å². The minimum atomic E-state index is -0.126. The van der Waals surface area contributed by atoms with Crippen molar-refractivity contribution in [3.63, 3.8) is 0 Å². The summed E-state index contributed by atoms with van der Waals surface area (Å²) in [6.07, 6.45) is 3.96. The highest BCUT2D eigenvalue weighted by atomic mass is 16.7. The van der Waals surface area contributed by atoms with Gasteiger partial charge in [0.2, 0.25) is 6.79 Å². The molecule has 27 heavy (non-hydrogen) atoms. The zero-order valence-corrected chi connectivity index (χ0v) is 15.2. The van der Waals surface area contributed by atoms with Gasteiger partial charge in [-0.3, -0.25) is 4.79 Å². The van der Waals surface area contributed by atoms with Gasteiger partial charge in [-0.1, -0.05) is 0 Å². The second-order valence-corrected chi connectivity index (χ2v) is 7.24. The monoisotopic (exact) mass is 364 g/mol. The number of aromatic nitrogens is 3. The zero-order chi connectivity index (χ0) is 18.5. The van der Waals surface area contributed by atoms with Crippen molar-refractivity contribution in [1.29, 1.82) is 0 Å². The standard InChI is InChI=1S/C20H20N4O3/c1-11-7-16(14-5-6-17-18(8-14)27-10-26-17)23-19-15(9-21-24(11)19)20(25)22-12(2)13-3-4-13/h5-9,12-13H,3-4,10H2,1-2H3,(H,22,25). The molecule has 0 bridgehead atoms. The lowest BCUT2D eigenvalue weighted by atomic mass is 10.1. The second-order valence-electron chi connectivity index (χ2n) is 7.24. The van der Waals surface area contributed by atoms with Gasteiger partial charge in [-0.2, -0.15) is 5.10 Å². The molecule has 1 saturated carbocycles. The molecule has 7 heteroatoms. The number of carbonyl (C=O) groups excluding carboxylic acids is 1. The van der Waals surface area contributed by atoms with E-state index in [4.69, 9.17) is 14.5 Å². The van der Waals surface area contributed by atoms with Crippen LogP contribution in [0.2, 0.25) is 0 Å². The summed E-state index contributed by atoms with van der Waals surface area (Å²) in [6, 6.07) is 7.85. The lowest BCUT2D eigenvalue weighted by molar-refractivity contribution is 0.0937. The minimum absolute atomic E-state index is 0.126. The molecule has 0 saturated heterocycles. The summed E-state index contributed by atoms with van der Waals surface area (Å²) in [7, 11) is 0. The van der Waals surface area contributed by atoms with Gasteiger partial charge in [-0.15, -0.1) is 0 Å². The van der Waals surface area contributed by atoms with Crippen molar-refractivity contribution >= 4 is 11.6 Å². The summed E-state index contributed by atoms with van der Waals surface area (Å²) in [5, 5.41) is 7.43. The van der Waals surface area contributed by atoms with E-state index in [1.807, 2.05) is 31.2 Å². The normalized spacial score (nSPS) is 16.5. The van der Waals surface area contributed by atoms with E-state index in [1.54, 1.807) is 10.7 Å². The van der Waals surface area contributed by atoms with Crippen molar-refractivity contribution in [3.8, 4) is 22.8 Å². The molecular formula is C20H20N4O3. The quantitative estimate of drug-likeness (QED) is 0.770. The predicted molar refractivity (Wildman–Crippen MR) is 98.9 cm³/mol. The van der Waals surface area contributed by atoms with Gasteiger partial charge in [0.1, 0.15) is 5.56 Å². The molecule has 5 rings (SSSR count). The van der Waals surface area contributed by atoms with Crippen LogP contribution in [0.3, 0.4) is 0 Å². The molecule has 7 nitrogen and oxygen atoms in total. The maximum absolute atomic E-state index is 12.7. The Morgan fingerprint density at radius 3 is 2.89 bits per heavy atom. The number of ether oxygens (including phenoxy) is 2. The summed E-state index contributed by atoms with van der Waals surface area (Å²) < 4.78 is 12.5. The number of benzene rings is 1. The highest BCUT2D eigenvalue weighted by molar-refractivity contribution is 6.00. The van der Waals surface area contributed by atoms with Gasteiger partial charge in [0.05, 0.1) is 11.9 Å². The first kappa shape index (κ1) is 16.1. The van der Waals surface area contributed by atoms with E-state index in [1.165, 1.54) is 12.8 Å². The van der Waals surface area contributed by atoms with Crippen LogP contribution in [-0.2, 0) is 0 Å². The summed E-state index contributed by atoms with van der Waals surface area (Å²) >= 11 is 0. The van der Waals surface area contributed by atoms with Crippen LogP contribution in [0.1, 0.15) is 35.8 Å². The van der Waals surface area contributed by atoms with Crippen molar-refractivity contribution in [3.05, 3.63) is 41.7 Å². The van der Waals surface area contributed by atoms with Crippen molar-refractivity contribution in [2.75, 3.05) is 6.79 Å². The molecular weight excluding hydrogens is 344 g/mol. The maximum Gasteiger partial charge on any atom is 0.256 e. The SMILES string of the molecule is Cc1cc(-c2ccc3c(c2)OCO3)nc2c(C(=O)NC(C)C3CC3)cnn12. The average molecular weight is 364 g/mol. The van der Waals surface area contributed by atoms with Crippen LogP contribution in [0, 0.1) is 12.8 Å². The van der Waals surface area contributed by atoms with Gasteiger partial charge < -0.3 is 14.8 Å². The largest absolute Gasteiger partial charge is 0.454 e. The Bertz CT molecular complexity index is 1050. The van der Waals surface area contributed by atoms with Crippen LogP contribution in [0.15, 0.2) is 30.5 Å². The Balaban J connectivity index is 1.54. The number of amides is 1. The van der Waals surface area contributed by atoms with Gasteiger partial charge in [-0.05, 0) is 56.9 Å². The first-order valence-electron chi connectivity index (χ1n) is 9.16. The highest BCUT2D eigenvalue weighted by Gasteiger charge is 2.30.